The Labute approximate surface area is 121 Å². The summed E-state index contributed by atoms with van der Waals surface area (Å²) in [6.07, 6.45) is 6.64. The van der Waals surface area contributed by atoms with Gasteiger partial charge in [0.2, 0.25) is 0 Å². The Hall–Kier alpha value is -1.86. The van der Waals surface area contributed by atoms with E-state index in [9.17, 15) is 0 Å². The molecular weight excluding hydrogens is 304 g/mol. The fraction of sp³-hybridized carbons (Fsp3) is 0.400. The summed E-state index contributed by atoms with van der Waals surface area (Å²) in [5.41, 5.74) is 0. The predicted molar refractivity (Wildman–Crippen MR) is 70.3 cm³/mol. The molecule has 0 aromatic carbocycles. The fourth-order valence-corrected chi connectivity index (χ4v) is 0.471. The largest absolute Gasteiger partial charge is 0.481 e. The normalized spacial score (nSPS) is 11.9. The van der Waals surface area contributed by atoms with Crippen LogP contribution in [0.1, 0.15) is 13.8 Å². The number of rotatable bonds is 0. The van der Waals surface area contributed by atoms with Gasteiger partial charge in [-0.1, -0.05) is 0 Å². The van der Waals surface area contributed by atoms with Crippen molar-refractivity contribution in [3.8, 4) is 0 Å². The van der Waals surface area contributed by atoms with Gasteiger partial charge >= 0.3 is 0 Å². The Morgan fingerprint density at radius 2 is 1.16 bits per heavy atom. The maximum absolute atomic E-state index is 9.00. The molecule has 111 valence electrons. The number of carboxylic acid groups (broad SMARTS) is 2. The molecule has 0 amide bonds. The van der Waals surface area contributed by atoms with Crippen molar-refractivity contribution in [2.24, 2.45) is 20.0 Å². The molecule has 0 saturated carbocycles. The molecule has 0 aromatic rings. The van der Waals surface area contributed by atoms with E-state index in [0.29, 0.717) is 0 Å². The maximum Gasteiger partial charge on any atom is 0.300 e. The molecule has 9 heteroatoms. The molecule has 2 heterocycles. The summed E-state index contributed by atoms with van der Waals surface area (Å²) >= 11 is 0. The summed E-state index contributed by atoms with van der Waals surface area (Å²) in [6, 6.07) is 0. The zero-order valence-corrected chi connectivity index (χ0v) is 11.5. The molecule has 2 rings (SSSR count). The van der Waals surface area contributed by atoms with Crippen molar-refractivity contribution < 1.29 is 36.9 Å². The number of aliphatic imine (C=N–C) groups is 4. The Balaban J connectivity index is -0.000000178. The van der Waals surface area contributed by atoms with Gasteiger partial charge < -0.3 is 10.2 Å². The minimum Gasteiger partial charge on any atom is -0.481 e. The third-order valence-electron chi connectivity index (χ3n) is 0.882. The first-order valence-corrected chi connectivity index (χ1v) is 4.85. The Morgan fingerprint density at radius 3 is 1.21 bits per heavy atom. The van der Waals surface area contributed by atoms with E-state index in [-0.39, 0.29) is 17.1 Å². The monoisotopic (exact) mass is 319 g/mol. The molecule has 2 aliphatic heterocycles. The van der Waals surface area contributed by atoms with Crippen molar-refractivity contribution in [1.82, 2.24) is 0 Å². The molecule has 0 fully saturated rings. The van der Waals surface area contributed by atoms with Gasteiger partial charge in [0.25, 0.3) is 11.9 Å². The first-order valence-electron chi connectivity index (χ1n) is 4.85. The van der Waals surface area contributed by atoms with Crippen LogP contribution in [0.3, 0.4) is 0 Å². The van der Waals surface area contributed by atoms with Gasteiger partial charge in [0, 0.05) is 43.3 Å². The van der Waals surface area contributed by atoms with Gasteiger partial charge in [0.05, 0.1) is 13.1 Å². The van der Waals surface area contributed by atoms with Crippen molar-refractivity contribution >= 4 is 37.0 Å². The minimum atomic E-state index is -0.833. The number of carbonyl (C=O) groups is 2. The van der Waals surface area contributed by atoms with Crippen LogP contribution in [0.15, 0.2) is 20.0 Å². The number of aliphatic carboxylic acids is 2. The molecular formula is C10H16CuN4O4. The number of hydrogen-bond acceptors (Lipinski definition) is 6. The second-order valence-electron chi connectivity index (χ2n) is 2.66. The quantitative estimate of drug-likeness (QED) is 0.626. The summed E-state index contributed by atoms with van der Waals surface area (Å²) in [5.74, 6) is -1.67. The predicted octanol–water partition coefficient (Wildman–Crippen LogP) is 0.377. The van der Waals surface area contributed by atoms with Crippen molar-refractivity contribution in [2.75, 3.05) is 13.1 Å². The second-order valence-corrected chi connectivity index (χ2v) is 2.66. The summed E-state index contributed by atoms with van der Waals surface area (Å²) in [7, 11) is 0. The molecule has 0 atom stereocenters. The smallest absolute Gasteiger partial charge is 0.300 e. The number of nitrogens with zero attached hydrogens (tertiary/aromatic N) is 4. The Morgan fingerprint density at radius 1 is 0.895 bits per heavy atom. The van der Waals surface area contributed by atoms with Crippen LogP contribution in [-0.2, 0) is 26.7 Å². The minimum absolute atomic E-state index is 0. The average Bonchev–Trinajstić information content (AvgIpc) is 2.96. The topological polar surface area (TPSA) is 124 Å². The van der Waals surface area contributed by atoms with E-state index in [1.807, 2.05) is 0 Å². The maximum atomic E-state index is 9.00. The SMILES string of the molecule is C1=NC=NC1.C1=NC=NC1.CC(=O)O.CC(=O)O.[Cu]. The molecule has 0 bridgehead atoms. The van der Waals surface area contributed by atoms with Gasteiger partial charge in [0.15, 0.2) is 0 Å². The summed E-state index contributed by atoms with van der Waals surface area (Å²) in [4.78, 5) is 32.8. The molecule has 0 aliphatic carbocycles. The van der Waals surface area contributed by atoms with E-state index in [1.54, 1.807) is 25.1 Å². The van der Waals surface area contributed by atoms with Crippen LogP contribution in [0, 0.1) is 0 Å². The van der Waals surface area contributed by atoms with E-state index in [1.165, 1.54) is 0 Å². The summed E-state index contributed by atoms with van der Waals surface area (Å²) in [5, 5.41) is 14.8. The van der Waals surface area contributed by atoms with Crippen LogP contribution in [0.4, 0.5) is 0 Å². The van der Waals surface area contributed by atoms with Gasteiger partial charge in [-0.3, -0.25) is 19.6 Å². The summed E-state index contributed by atoms with van der Waals surface area (Å²) < 4.78 is 0. The van der Waals surface area contributed by atoms with Crippen LogP contribution in [-0.4, -0.2) is 60.3 Å². The molecule has 0 spiro atoms. The van der Waals surface area contributed by atoms with Gasteiger partial charge in [-0.2, -0.15) is 0 Å². The molecule has 1 radical (unpaired) electrons. The molecule has 0 saturated heterocycles. The molecule has 2 N–H and O–H groups in total. The van der Waals surface area contributed by atoms with Gasteiger partial charge in [-0.25, -0.2) is 9.98 Å². The van der Waals surface area contributed by atoms with Crippen LogP contribution < -0.4 is 0 Å². The van der Waals surface area contributed by atoms with Crippen LogP contribution in [0.5, 0.6) is 0 Å². The van der Waals surface area contributed by atoms with Crippen LogP contribution in [0.25, 0.3) is 0 Å². The van der Waals surface area contributed by atoms with Crippen molar-refractivity contribution in [3.05, 3.63) is 0 Å². The molecule has 19 heavy (non-hydrogen) atoms. The van der Waals surface area contributed by atoms with Gasteiger partial charge in [-0.05, 0) is 0 Å². The third-order valence-corrected chi connectivity index (χ3v) is 0.882. The van der Waals surface area contributed by atoms with Crippen molar-refractivity contribution in [2.45, 2.75) is 13.8 Å². The zero-order chi connectivity index (χ0) is 14.2. The average molecular weight is 320 g/mol. The summed E-state index contributed by atoms with van der Waals surface area (Å²) in [6.45, 7) is 3.72. The van der Waals surface area contributed by atoms with Crippen LogP contribution >= 0.6 is 0 Å². The molecule has 0 unspecified atom stereocenters. The van der Waals surface area contributed by atoms with Crippen molar-refractivity contribution in [1.29, 1.82) is 0 Å². The zero-order valence-electron chi connectivity index (χ0n) is 10.5. The van der Waals surface area contributed by atoms with Crippen molar-refractivity contribution in [3.63, 3.8) is 0 Å². The van der Waals surface area contributed by atoms with E-state index in [2.05, 4.69) is 20.0 Å². The van der Waals surface area contributed by atoms with E-state index >= 15 is 0 Å². The van der Waals surface area contributed by atoms with Crippen LogP contribution in [0.2, 0.25) is 0 Å². The van der Waals surface area contributed by atoms with E-state index in [4.69, 9.17) is 19.8 Å². The standard InChI is InChI=1S/2C3H4N2.2C2H4O2.Cu/c2*1-2-5-3-4-1;2*1-2(3)4;/h2*1,3H,2H2;2*1H3,(H,3,4);. The molecule has 0 aromatic heterocycles. The first kappa shape index (κ1) is 22.3. The fourth-order valence-electron chi connectivity index (χ4n) is 0.471. The van der Waals surface area contributed by atoms with Gasteiger partial charge in [-0.15, -0.1) is 0 Å². The Kier molecular flexibility index (Phi) is 21.7. The first-order chi connectivity index (χ1) is 8.46. The van der Waals surface area contributed by atoms with Gasteiger partial charge in [0.1, 0.15) is 12.7 Å². The molecule has 2 aliphatic rings. The third kappa shape index (κ3) is 48.7. The molecule has 8 nitrogen and oxygen atoms in total. The van der Waals surface area contributed by atoms with E-state index in [0.717, 1.165) is 26.9 Å². The number of carboxylic acids is 2. The Bertz CT molecular complexity index is 291. The number of hydrogen-bond donors (Lipinski definition) is 2. The second kappa shape index (κ2) is 18.5. The van der Waals surface area contributed by atoms with E-state index < -0.39 is 11.9 Å².